The normalized spacial score (nSPS) is 13.2. The fourth-order valence-corrected chi connectivity index (χ4v) is 7.63. The van der Waals surface area contributed by atoms with E-state index in [2.05, 4.69) is 180 Å². The molecule has 1 nitrogen and oxygen atoms in total. The summed E-state index contributed by atoms with van der Waals surface area (Å²) in [5.74, 6) is 0. The summed E-state index contributed by atoms with van der Waals surface area (Å²) in [4.78, 5) is 0. The molecule has 1 heterocycles. The monoisotopic (exact) mass is 559 g/mol. The molecule has 0 saturated carbocycles. The molecule has 1 aliphatic carbocycles. The molecule has 1 aromatic heterocycles. The Balaban J connectivity index is 1.21. The third-order valence-corrected chi connectivity index (χ3v) is 9.50. The number of hydrogen-bond donors (Lipinski definition) is 0. The third kappa shape index (κ3) is 3.47. The van der Waals surface area contributed by atoms with Crippen LogP contribution in [0.4, 0.5) is 0 Å². The Morgan fingerprint density at radius 2 is 0.864 bits per heavy atom. The second-order valence-electron chi connectivity index (χ2n) is 11.7. The summed E-state index contributed by atoms with van der Waals surface area (Å²) >= 11 is 0. The van der Waals surface area contributed by atoms with Crippen molar-refractivity contribution in [2.75, 3.05) is 0 Å². The molecule has 0 bridgehead atoms. The fraction of sp³-hybridized carbons (Fsp3) is 0.0233. The summed E-state index contributed by atoms with van der Waals surface area (Å²) in [6.07, 6.45) is 0. The third-order valence-electron chi connectivity index (χ3n) is 9.50. The summed E-state index contributed by atoms with van der Waals surface area (Å²) in [6, 6.07) is 64.4. The van der Waals surface area contributed by atoms with E-state index in [0.29, 0.717) is 0 Å². The van der Waals surface area contributed by atoms with E-state index < -0.39 is 0 Å². The highest BCUT2D eigenvalue weighted by Gasteiger charge is 2.45. The van der Waals surface area contributed by atoms with Crippen molar-refractivity contribution in [1.29, 1.82) is 0 Å². The number of aromatic nitrogens is 1. The Morgan fingerprint density at radius 1 is 0.364 bits per heavy atom. The molecule has 0 atom stereocenters. The molecule has 8 aromatic rings. The van der Waals surface area contributed by atoms with Crippen LogP contribution >= 0.6 is 0 Å². The molecule has 7 aromatic carbocycles. The molecule has 1 aliphatic rings. The van der Waals surface area contributed by atoms with E-state index in [4.69, 9.17) is 0 Å². The predicted octanol–water partition coefficient (Wildman–Crippen LogP) is 10.8. The van der Waals surface area contributed by atoms with E-state index in [9.17, 15) is 0 Å². The molecule has 44 heavy (non-hydrogen) atoms. The van der Waals surface area contributed by atoms with E-state index in [0.717, 1.165) is 0 Å². The largest absolute Gasteiger partial charge is 0.309 e. The lowest BCUT2D eigenvalue weighted by molar-refractivity contribution is 0.768. The smallest absolute Gasteiger partial charge is 0.0713 e. The van der Waals surface area contributed by atoms with Gasteiger partial charge >= 0.3 is 0 Å². The van der Waals surface area contributed by atoms with Crippen molar-refractivity contribution < 1.29 is 0 Å². The Labute approximate surface area is 257 Å². The summed E-state index contributed by atoms with van der Waals surface area (Å²) in [5.41, 5.74) is 13.6. The van der Waals surface area contributed by atoms with E-state index in [1.54, 1.807) is 0 Å². The maximum absolute atomic E-state index is 2.40. The van der Waals surface area contributed by atoms with Gasteiger partial charge in [0.15, 0.2) is 0 Å². The van der Waals surface area contributed by atoms with Crippen LogP contribution in [-0.2, 0) is 5.41 Å². The van der Waals surface area contributed by atoms with Gasteiger partial charge < -0.3 is 4.57 Å². The topological polar surface area (TPSA) is 4.93 Å². The average molecular weight is 560 g/mol. The van der Waals surface area contributed by atoms with Gasteiger partial charge in [0.2, 0.25) is 0 Å². The van der Waals surface area contributed by atoms with Crippen LogP contribution in [0.15, 0.2) is 176 Å². The minimum Gasteiger partial charge on any atom is -0.309 e. The van der Waals surface area contributed by atoms with E-state index in [-0.39, 0.29) is 5.41 Å². The molecule has 0 radical (unpaired) electrons. The van der Waals surface area contributed by atoms with Gasteiger partial charge in [0, 0.05) is 16.5 Å². The number of hydrogen-bond acceptors (Lipinski definition) is 0. The molecule has 1 heteroatoms. The summed E-state index contributed by atoms with van der Waals surface area (Å²) in [6.45, 7) is 0. The lowest BCUT2D eigenvalue weighted by Gasteiger charge is -2.33. The van der Waals surface area contributed by atoms with Gasteiger partial charge in [-0.1, -0.05) is 146 Å². The maximum atomic E-state index is 2.40. The van der Waals surface area contributed by atoms with Crippen molar-refractivity contribution in [2.24, 2.45) is 0 Å². The van der Waals surface area contributed by atoms with Gasteiger partial charge in [0.05, 0.1) is 16.4 Å². The van der Waals surface area contributed by atoms with Gasteiger partial charge in [-0.05, 0) is 74.8 Å². The standard InChI is InChI=1S/C43H29N/c1-3-13-32(14-4-1)43(33-15-5-2-6-16-33)39-20-10-7-17-35(39)38-29-31(25-28-40(38)43)30-23-26-34(27-24-30)44-41-21-11-8-18-36(41)37-19-9-12-22-42(37)44/h1-29H. The fourth-order valence-electron chi connectivity index (χ4n) is 7.63. The Morgan fingerprint density at radius 3 is 1.50 bits per heavy atom. The zero-order valence-corrected chi connectivity index (χ0v) is 24.2. The Bertz CT molecular complexity index is 2220. The van der Waals surface area contributed by atoms with Gasteiger partial charge in [-0.25, -0.2) is 0 Å². The zero-order chi connectivity index (χ0) is 29.1. The predicted molar refractivity (Wildman–Crippen MR) is 184 cm³/mol. The SMILES string of the molecule is c1ccc(C2(c3ccccc3)c3ccccc3-c3cc(-c4ccc(-n5c6ccccc6c6ccccc65)cc4)ccc32)cc1. The highest BCUT2D eigenvalue weighted by Crippen LogP contribution is 2.56. The van der Waals surface area contributed by atoms with Gasteiger partial charge in [-0.15, -0.1) is 0 Å². The van der Waals surface area contributed by atoms with Crippen LogP contribution in [0.3, 0.4) is 0 Å². The molecular formula is C43H29N. The number of nitrogens with zero attached hydrogens (tertiary/aromatic N) is 1. The highest BCUT2D eigenvalue weighted by molar-refractivity contribution is 6.09. The van der Waals surface area contributed by atoms with Crippen LogP contribution in [0.25, 0.3) is 49.7 Å². The first kappa shape index (κ1) is 24.9. The minimum atomic E-state index is -0.368. The van der Waals surface area contributed by atoms with Crippen LogP contribution in [0.5, 0.6) is 0 Å². The van der Waals surface area contributed by atoms with Crippen molar-refractivity contribution >= 4 is 21.8 Å². The number of rotatable bonds is 4. The molecular weight excluding hydrogens is 530 g/mol. The van der Waals surface area contributed by atoms with Gasteiger partial charge in [0.25, 0.3) is 0 Å². The second-order valence-corrected chi connectivity index (χ2v) is 11.7. The first-order chi connectivity index (χ1) is 21.8. The van der Waals surface area contributed by atoms with Crippen molar-refractivity contribution in [3.8, 4) is 27.9 Å². The van der Waals surface area contributed by atoms with Crippen LogP contribution in [0.1, 0.15) is 22.3 Å². The highest BCUT2D eigenvalue weighted by atomic mass is 15.0. The van der Waals surface area contributed by atoms with Gasteiger partial charge in [0.1, 0.15) is 0 Å². The number of benzene rings is 7. The summed E-state index contributed by atoms with van der Waals surface area (Å²) < 4.78 is 2.38. The lowest BCUT2D eigenvalue weighted by Crippen LogP contribution is -2.28. The van der Waals surface area contributed by atoms with Gasteiger partial charge in [-0.3, -0.25) is 0 Å². The Hall–Kier alpha value is -5.66. The molecule has 206 valence electrons. The molecule has 0 amide bonds. The van der Waals surface area contributed by atoms with Crippen LogP contribution in [-0.4, -0.2) is 4.57 Å². The lowest BCUT2D eigenvalue weighted by atomic mass is 9.67. The van der Waals surface area contributed by atoms with Crippen LogP contribution < -0.4 is 0 Å². The van der Waals surface area contributed by atoms with Crippen LogP contribution in [0.2, 0.25) is 0 Å². The second kappa shape index (κ2) is 9.69. The van der Waals surface area contributed by atoms with Crippen molar-refractivity contribution in [3.05, 3.63) is 198 Å². The number of para-hydroxylation sites is 2. The Kier molecular flexibility index (Phi) is 5.48. The number of fused-ring (bicyclic) bond motifs is 6. The molecule has 0 N–H and O–H groups in total. The summed E-state index contributed by atoms with van der Waals surface area (Å²) in [5, 5.41) is 2.56. The minimum absolute atomic E-state index is 0.368. The molecule has 0 spiro atoms. The van der Waals surface area contributed by atoms with Crippen molar-refractivity contribution in [2.45, 2.75) is 5.41 Å². The molecule has 0 aliphatic heterocycles. The van der Waals surface area contributed by atoms with Crippen LogP contribution in [0, 0.1) is 0 Å². The van der Waals surface area contributed by atoms with E-state index in [1.165, 1.54) is 72.0 Å². The summed E-state index contributed by atoms with van der Waals surface area (Å²) in [7, 11) is 0. The van der Waals surface area contributed by atoms with E-state index in [1.807, 2.05) is 0 Å². The first-order valence-electron chi connectivity index (χ1n) is 15.3. The zero-order valence-electron chi connectivity index (χ0n) is 24.2. The maximum Gasteiger partial charge on any atom is 0.0713 e. The van der Waals surface area contributed by atoms with Crippen molar-refractivity contribution in [1.82, 2.24) is 4.57 Å². The molecule has 9 rings (SSSR count). The van der Waals surface area contributed by atoms with Crippen molar-refractivity contribution in [3.63, 3.8) is 0 Å². The first-order valence-corrected chi connectivity index (χ1v) is 15.3. The molecule has 0 saturated heterocycles. The van der Waals surface area contributed by atoms with E-state index >= 15 is 0 Å². The quantitative estimate of drug-likeness (QED) is 0.202. The van der Waals surface area contributed by atoms with Gasteiger partial charge in [-0.2, -0.15) is 0 Å². The average Bonchev–Trinajstić information content (AvgIpc) is 3.60. The molecule has 0 fully saturated rings. The molecule has 0 unspecified atom stereocenters.